The van der Waals surface area contributed by atoms with Crippen LogP contribution in [0.15, 0.2) is 0 Å². The fraction of sp³-hybridized carbons (Fsp3) is 1.00. The third-order valence-electron chi connectivity index (χ3n) is 2.62. The molecule has 0 saturated carbocycles. The zero-order chi connectivity index (χ0) is 8.27. The minimum Gasteiger partial charge on any atom is -0.313 e. The third kappa shape index (κ3) is 2.38. The smallest absolute Gasteiger partial charge is 0.0118 e. The largest absolute Gasteiger partial charge is 0.313 e. The van der Waals surface area contributed by atoms with Crippen LogP contribution in [-0.2, 0) is 0 Å². The molecule has 2 heteroatoms. The van der Waals surface area contributed by atoms with E-state index >= 15 is 0 Å². The van der Waals surface area contributed by atoms with E-state index in [1.807, 2.05) is 11.8 Å². The first-order valence-corrected chi connectivity index (χ1v) is 5.87. The van der Waals surface area contributed by atoms with Gasteiger partial charge in [0.25, 0.3) is 0 Å². The molecule has 66 valence electrons. The Morgan fingerprint density at radius 2 is 2.27 bits per heavy atom. The Balaban J connectivity index is 2.15. The van der Waals surface area contributed by atoms with Crippen LogP contribution < -0.4 is 5.32 Å². The maximum absolute atomic E-state index is 3.50. The molecule has 0 aliphatic carbocycles. The molecular weight excluding hydrogens is 154 g/mol. The van der Waals surface area contributed by atoms with Crippen molar-refractivity contribution in [1.82, 2.24) is 5.32 Å². The van der Waals surface area contributed by atoms with Crippen LogP contribution in [0.2, 0.25) is 0 Å². The predicted octanol–water partition coefficient (Wildman–Crippen LogP) is 1.98. The highest BCUT2D eigenvalue weighted by Crippen LogP contribution is 2.24. The standard InChI is InChI=1S/C9H19NS/c1-7(2)8-6-10-9(8)4-5-11-3/h7-10H,4-6H2,1-3H3. The van der Waals surface area contributed by atoms with Gasteiger partial charge in [-0.1, -0.05) is 13.8 Å². The van der Waals surface area contributed by atoms with Gasteiger partial charge >= 0.3 is 0 Å². The van der Waals surface area contributed by atoms with Gasteiger partial charge in [-0.05, 0) is 36.8 Å². The second-order valence-electron chi connectivity index (χ2n) is 3.70. The lowest BCUT2D eigenvalue weighted by Crippen LogP contribution is -2.55. The van der Waals surface area contributed by atoms with Crippen molar-refractivity contribution in [3.8, 4) is 0 Å². The molecule has 0 bridgehead atoms. The Bertz CT molecular complexity index is 114. The Morgan fingerprint density at radius 3 is 2.64 bits per heavy atom. The number of rotatable bonds is 4. The van der Waals surface area contributed by atoms with E-state index in [1.54, 1.807) is 0 Å². The van der Waals surface area contributed by atoms with Gasteiger partial charge in [-0.2, -0.15) is 11.8 Å². The fourth-order valence-electron chi connectivity index (χ4n) is 1.68. The highest BCUT2D eigenvalue weighted by Gasteiger charge is 2.31. The summed E-state index contributed by atoms with van der Waals surface area (Å²) in [5.74, 6) is 3.12. The summed E-state index contributed by atoms with van der Waals surface area (Å²) in [4.78, 5) is 0. The monoisotopic (exact) mass is 173 g/mol. The molecule has 1 rings (SSSR count). The first-order valence-electron chi connectivity index (χ1n) is 4.48. The van der Waals surface area contributed by atoms with Crippen LogP contribution in [-0.4, -0.2) is 24.6 Å². The van der Waals surface area contributed by atoms with E-state index in [0.717, 1.165) is 17.9 Å². The minimum atomic E-state index is 0.822. The van der Waals surface area contributed by atoms with Gasteiger partial charge in [0.1, 0.15) is 0 Å². The Morgan fingerprint density at radius 1 is 1.55 bits per heavy atom. The molecule has 1 fully saturated rings. The van der Waals surface area contributed by atoms with Gasteiger partial charge in [-0.3, -0.25) is 0 Å². The van der Waals surface area contributed by atoms with Crippen LogP contribution in [0.4, 0.5) is 0 Å². The van der Waals surface area contributed by atoms with Crippen LogP contribution >= 0.6 is 11.8 Å². The summed E-state index contributed by atoms with van der Waals surface area (Å²) in [6.45, 7) is 5.91. The molecule has 0 aromatic carbocycles. The van der Waals surface area contributed by atoms with E-state index in [9.17, 15) is 0 Å². The van der Waals surface area contributed by atoms with Gasteiger partial charge in [0, 0.05) is 6.04 Å². The zero-order valence-electron chi connectivity index (χ0n) is 7.76. The zero-order valence-corrected chi connectivity index (χ0v) is 8.58. The SMILES string of the molecule is CSCCC1NCC1C(C)C. The number of thioether (sulfide) groups is 1. The molecule has 1 saturated heterocycles. The first kappa shape index (κ1) is 9.40. The molecule has 0 amide bonds. The number of hydrogen-bond acceptors (Lipinski definition) is 2. The van der Waals surface area contributed by atoms with Crippen molar-refractivity contribution in [3.63, 3.8) is 0 Å². The van der Waals surface area contributed by atoms with Crippen LogP contribution in [0.3, 0.4) is 0 Å². The quantitative estimate of drug-likeness (QED) is 0.697. The Kier molecular flexibility index (Phi) is 3.73. The van der Waals surface area contributed by atoms with Crippen LogP contribution in [0.1, 0.15) is 20.3 Å². The van der Waals surface area contributed by atoms with Crippen LogP contribution in [0.25, 0.3) is 0 Å². The Labute approximate surface area is 74.3 Å². The van der Waals surface area contributed by atoms with Crippen molar-refractivity contribution < 1.29 is 0 Å². The normalized spacial score (nSPS) is 30.5. The molecule has 1 heterocycles. The molecule has 1 nitrogen and oxygen atoms in total. The summed E-state index contributed by atoms with van der Waals surface area (Å²) in [5, 5.41) is 3.50. The van der Waals surface area contributed by atoms with E-state index in [2.05, 4.69) is 25.4 Å². The Hall–Kier alpha value is 0.310. The molecule has 0 spiro atoms. The second-order valence-corrected chi connectivity index (χ2v) is 4.69. The van der Waals surface area contributed by atoms with Gasteiger partial charge in [0.15, 0.2) is 0 Å². The summed E-state index contributed by atoms with van der Waals surface area (Å²) in [6.07, 6.45) is 3.53. The molecule has 0 aromatic heterocycles. The van der Waals surface area contributed by atoms with Gasteiger partial charge < -0.3 is 5.32 Å². The van der Waals surface area contributed by atoms with Crippen molar-refractivity contribution in [3.05, 3.63) is 0 Å². The van der Waals surface area contributed by atoms with Gasteiger partial charge in [0.2, 0.25) is 0 Å². The summed E-state index contributed by atoms with van der Waals surface area (Å²) >= 11 is 1.95. The topological polar surface area (TPSA) is 12.0 Å². The molecule has 1 aliphatic rings. The summed E-state index contributed by atoms with van der Waals surface area (Å²) in [6, 6.07) is 0.822. The molecular formula is C9H19NS. The number of nitrogens with one attached hydrogen (secondary N) is 1. The average molecular weight is 173 g/mol. The maximum atomic E-state index is 3.50. The molecule has 0 radical (unpaired) electrons. The second kappa shape index (κ2) is 4.36. The van der Waals surface area contributed by atoms with Crippen molar-refractivity contribution in [2.24, 2.45) is 11.8 Å². The highest BCUT2D eigenvalue weighted by atomic mass is 32.2. The molecule has 11 heavy (non-hydrogen) atoms. The summed E-state index contributed by atoms with van der Waals surface area (Å²) in [5.41, 5.74) is 0. The van der Waals surface area contributed by atoms with E-state index in [1.165, 1.54) is 18.7 Å². The lowest BCUT2D eigenvalue weighted by Gasteiger charge is -2.41. The van der Waals surface area contributed by atoms with Crippen molar-refractivity contribution in [2.75, 3.05) is 18.6 Å². The first-order chi connectivity index (χ1) is 5.25. The molecule has 2 unspecified atom stereocenters. The van der Waals surface area contributed by atoms with Gasteiger partial charge in [0.05, 0.1) is 0 Å². The van der Waals surface area contributed by atoms with Gasteiger partial charge in [-0.25, -0.2) is 0 Å². The number of hydrogen-bond donors (Lipinski definition) is 1. The molecule has 0 aromatic rings. The molecule has 2 atom stereocenters. The maximum Gasteiger partial charge on any atom is 0.0118 e. The van der Waals surface area contributed by atoms with Crippen LogP contribution in [0, 0.1) is 11.8 Å². The summed E-state index contributed by atoms with van der Waals surface area (Å²) < 4.78 is 0. The lowest BCUT2D eigenvalue weighted by atomic mass is 9.81. The minimum absolute atomic E-state index is 0.822. The average Bonchev–Trinajstić information content (AvgIpc) is 1.84. The van der Waals surface area contributed by atoms with E-state index in [4.69, 9.17) is 0 Å². The summed E-state index contributed by atoms with van der Waals surface area (Å²) in [7, 11) is 0. The van der Waals surface area contributed by atoms with Crippen molar-refractivity contribution in [2.45, 2.75) is 26.3 Å². The van der Waals surface area contributed by atoms with E-state index in [0.29, 0.717) is 0 Å². The predicted molar refractivity (Wildman–Crippen MR) is 53.1 cm³/mol. The van der Waals surface area contributed by atoms with E-state index < -0.39 is 0 Å². The fourth-order valence-corrected chi connectivity index (χ4v) is 2.17. The third-order valence-corrected chi connectivity index (χ3v) is 3.27. The highest BCUT2D eigenvalue weighted by molar-refractivity contribution is 7.98. The molecule has 1 aliphatic heterocycles. The van der Waals surface area contributed by atoms with Crippen molar-refractivity contribution >= 4 is 11.8 Å². The van der Waals surface area contributed by atoms with Gasteiger partial charge in [-0.15, -0.1) is 0 Å². The lowest BCUT2D eigenvalue weighted by molar-refractivity contribution is 0.169. The molecule has 1 N–H and O–H groups in total. The van der Waals surface area contributed by atoms with E-state index in [-0.39, 0.29) is 0 Å². The van der Waals surface area contributed by atoms with Crippen molar-refractivity contribution in [1.29, 1.82) is 0 Å². The van der Waals surface area contributed by atoms with Crippen LogP contribution in [0.5, 0.6) is 0 Å².